The maximum absolute atomic E-state index is 13.2. The molecule has 14 heteroatoms. The lowest BCUT2D eigenvalue weighted by atomic mass is 10.0. The van der Waals surface area contributed by atoms with E-state index in [1.807, 2.05) is 0 Å². The monoisotopic (exact) mass is 541 g/mol. The molecule has 1 amide bonds. The first-order valence-corrected chi connectivity index (χ1v) is 11.3. The van der Waals surface area contributed by atoms with Crippen molar-refractivity contribution >= 4 is 17.4 Å². The third-order valence-corrected chi connectivity index (χ3v) is 5.62. The highest BCUT2D eigenvalue weighted by molar-refractivity contribution is 6.00. The maximum atomic E-state index is 13.2. The Labute approximate surface area is 208 Å². The van der Waals surface area contributed by atoms with Crippen LogP contribution in [0.25, 0.3) is 11.3 Å². The van der Waals surface area contributed by atoms with Gasteiger partial charge in [0.2, 0.25) is 0 Å². The molecule has 0 atom stereocenters. The number of hydrogen-bond donors (Lipinski definition) is 2. The normalized spacial score (nSPS) is 15.2. The van der Waals surface area contributed by atoms with Crippen molar-refractivity contribution in [1.29, 1.82) is 0 Å². The summed E-state index contributed by atoms with van der Waals surface area (Å²) in [5, 5.41) is 8.26. The number of carbonyl (C=O) groups excluding carboxylic acids is 1. The summed E-state index contributed by atoms with van der Waals surface area (Å²) in [5.74, 6) is -8.75. The number of aryl methyl sites for hydroxylation is 1. The highest BCUT2D eigenvalue weighted by Crippen LogP contribution is 2.39. The highest BCUT2D eigenvalue weighted by atomic mass is 19.4. The number of piperidine rings is 1. The number of nitrogens with zero attached hydrogens (tertiary/aromatic N) is 3. The summed E-state index contributed by atoms with van der Waals surface area (Å²) in [6, 6.07) is 3.54. The lowest BCUT2D eigenvalue weighted by Crippen LogP contribution is -2.47. The number of aromatic nitrogens is 2. The quantitative estimate of drug-likeness (QED) is 0.459. The molecule has 3 rings (SSSR count). The van der Waals surface area contributed by atoms with Gasteiger partial charge in [-0.15, -0.1) is 10.2 Å². The van der Waals surface area contributed by atoms with Crippen LogP contribution in [-0.4, -0.2) is 52.2 Å². The Morgan fingerprint density at radius 2 is 1.57 bits per heavy atom. The molecular formula is C23H27F8N5O. The van der Waals surface area contributed by atoms with Crippen LogP contribution in [0.3, 0.4) is 0 Å². The first-order chi connectivity index (χ1) is 16.9. The zero-order chi connectivity index (χ0) is 28.2. The minimum absolute atomic E-state index is 0.0673. The molecule has 0 radical (unpaired) electrons. The van der Waals surface area contributed by atoms with E-state index in [1.54, 1.807) is 0 Å². The largest absolute Gasteiger partial charge is 0.463 e. The van der Waals surface area contributed by atoms with Crippen molar-refractivity contribution in [2.24, 2.45) is 0 Å². The van der Waals surface area contributed by atoms with Crippen LogP contribution in [0.2, 0.25) is 0 Å². The maximum Gasteiger partial charge on any atom is 0.463 e. The zero-order valence-electron chi connectivity index (χ0n) is 20.3. The molecule has 1 saturated heterocycles. The third-order valence-electron chi connectivity index (χ3n) is 5.62. The van der Waals surface area contributed by atoms with E-state index in [9.17, 15) is 39.9 Å². The Hall–Kier alpha value is -3.03. The number of rotatable bonds is 4. The Morgan fingerprint density at radius 1 is 0.973 bits per heavy atom. The van der Waals surface area contributed by atoms with Crippen molar-refractivity contribution in [2.75, 3.05) is 24.1 Å². The van der Waals surface area contributed by atoms with E-state index in [0.717, 1.165) is 12.1 Å². The Kier molecular flexibility index (Phi) is 9.44. The molecular weight excluding hydrogens is 514 g/mol. The van der Waals surface area contributed by atoms with Gasteiger partial charge in [0.15, 0.2) is 0 Å². The van der Waals surface area contributed by atoms with Crippen molar-refractivity contribution in [3.63, 3.8) is 0 Å². The predicted molar refractivity (Wildman–Crippen MR) is 122 cm³/mol. The Balaban J connectivity index is 0.000000449. The van der Waals surface area contributed by atoms with Gasteiger partial charge >= 0.3 is 24.2 Å². The van der Waals surface area contributed by atoms with E-state index in [-0.39, 0.29) is 28.7 Å². The molecule has 2 heterocycles. The van der Waals surface area contributed by atoms with E-state index in [4.69, 9.17) is 5.73 Å². The van der Waals surface area contributed by atoms with Gasteiger partial charge in [0.25, 0.3) is 0 Å². The summed E-state index contributed by atoms with van der Waals surface area (Å²) in [6.45, 7) is 8.62. The van der Waals surface area contributed by atoms with Gasteiger partial charge in [-0.3, -0.25) is 4.79 Å². The van der Waals surface area contributed by atoms with E-state index in [1.165, 1.54) is 50.7 Å². The van der Waals surface area contributed by atoms with E-state index in [0.29, 0.717) is 6.07 Å². The summed E-state index contributed by atoms with van der Waals surface area (Å²) in [5.41, 5.74) is 2.75. The van der Waals surface area contributed by atoms with Crippen LogP contribution in [0, 0.1) is 6.92 Å². The van der Waals surface area contributed by atoms with Crippen LogP contribution in [0.5, 0.6) is 0 Å². The smallest absolute Gasteiger partial charge is 0.382 e. The van der Waals surface area contributed by atoms with Gasteiger partial charge in [-0.25, -0.2) is 0 Å². The Morgan fingerprint density at radius 3 is 2.03 bits per heavy atom. The molecule has 1 aliphatic heterocycles. The van der Waals surface area contributed by atoms with E-state index >= 15 is 0 Å². The van der Waals surface area contributed by atoms with Gasteiger partial charge in [-0.2, -0.15) is 35.1 Å². The SMILES string of the molecule is CC(C)N1CCCCC1.Cc1cc(N)nnc1-c1ccc(C(F)(F)F)cc1NC(=O)C(F)(F)C(F)(F)F. The fraction of sp³-hybridized carbons (Fsp3) is 0.522. The molecule has 0 unspecified atom stereocenters. The number of likely N-dealkylation sites (tertiary alicyclic amines) is 1. The fourth-order valence-corrected chi connectivity index (χ4v) is 3.57. The van der Waals surface area contributed by atoms with Gasteiger partial charge in [0.05, 0.1) is 16.9 Å². The number of amides is 1. The molecule has 37 heavy (non-hydrogen) atoms. The van der Waals surface area contributed by atoms with Crippen molar-refractivity contribution in [3.05, 3.63) is 35.4 Å². The summed E-state index contributed by atoms with van der Waals surface area (Å²) >= 11 is 0. The second-order valence-corrected chi connectivity index (χ2v) is 8.78. The number of carbonyl (C=O) groups is 1. The van der Waals surface area contributed by atoms with Gasteiger partial charge in [0, 0.05) is 11.6 Å². The molecule has 206 valence electrons. The number of halogens is 8. The van der Waals surface area contributed by atoms with Gasteiger partial charge in [-0.1, -0.05) is 12.5 Å². The van der Waals surface area contributed by atoms with Crippen molar-refractivity contribution < 1.29 is 39.9 Å². The molecule has 0 aliphatic carbocycles. The van der Waals surface area contributed by atoms with Crippen molar-refractivity contribution in [3.8, 4) is 11.3 Å². The van der Waals surface area contributed by atoms with Crippen LogP contribution in [0.4, 0.5) is 46.6 Å². The molecule has 1 aliphatic rings. The molecule has 0 spiro atoms. The lowest BCUT2D eigenvalue weighted by molar-refractivity contribution is -0.267. The highest BCUT2D eigenvalue weighted by Gasteiger charge is 2.63. The molecule has 1 fully saturated rings. The summed E-state index contributed by atoms with van der Waals surface area (Å²) < 4.78 is 102. The summed E-state index contributed by atoms with van der Waals surface area (Å²) in [6.07, 6.45) is -6.91. The third kappa shape index (κ3) is 7.73. The second-order valence-electron chi connectivity index (χ2n) is 8.78. The fourth-order valence-electron chi connectivity index (χ4n) is 3.57. The first kappa shape index (κ1) is 30.2. The molecule has 6 nitrogen and oxygen atoms in total. The average Bonchev–Trinajstić information content (AvgIpc) is 2.79. The van der Waals surface area contributed by atoms with Gasteiger partial charge in [0.1, 0.15) is 5.82 Å². The molecule has 3 N–H and O–H groups in total. The topological polar surface area (TPSA) is 84.1 Å². The standard InChI is InChI=1S/C15H10F8N4O.C8H17N/c1-6-4-10(24)26-27-11(6)8-3-2-7(14(18,19)20)5-9(8)25-12(28)13(16,17)15(21,22)23;1-8(2)9-6-4-3-5-7-9/h2-5H,1H3,(H2,24,26)(H,25,28);8H,3-7H2,1-2H3. The van der Waals surface area contributed by atoms with Crippen molar-refractivity contribution in [2.45, 2.75) is 64.4 Å². The second kappa shape index (κ2) is 11.6. The predicted octanol–water partition coefficient (Wildman–Crippen LogP) is 6.07. The van der Waals surface area contributed by atoms with Crippen LogP contribution in [0.1, 0.15) is 44.2 Å². The Bertz CT molecular complexity index is 1080. The zero-order valence-corrected chi connectivity index (χ0v) is 20.3. The van der Waals surface area contributed by atoms with Gasteiger partial charge in [-0.05, 0) is 70.5 Å². The molecule has 1 aromatic carbocycles. The number of nitrogen functional groups attached to an aromatic ring is 1. The number of benzene rings is 1. The van der Waals surface area contributed by atoms with Crippen LogP contribution < -0.4 is 11.1 Å². The van der Waals surface area contributed by atoms with Crippen molar-refractivity contribution in [1.82, 2.24) is 15.1 Å². The van der Waals surface area contributed by atoms with Crippen LogP contribution in [-0.2, 0) is 11.0 Å². The first-order valence-electron chi connectivity index (χ1n) is 11.3. The van der Waals surface area contributed by atoms with Crippen LogP contribution in [0.15, 0.2) is 24.3 Å². The number of hydrogen-bond acceptors (Lipinski definition) is 5. The molecule has 0 bridgehead atoms. The number of nitrogens with one attached hydrogen (secondary N) is 1. The molecule has 1 aromatic heterocycles. The molecule has 2 aromatic rings. The lowest BCUT2D eigenvalue weighted by Gasteiger charge is -2.29. The number of alkyl halides is 8. The average molecular weight is 541 g/mol. The van der Waals surface area contributed by atoms with Crippen LogP contribution >= 0.6 is 0 Å². The summed E-state index contributed by atoms with van der Waals surface area (Å²) in [4.78, 5) is 14.0. The number of nitrogens with two attached hydrogens (primary N) is 1. The van der Waals surface area contributed by atoms with E-state index < -0.39 is 35.4 Å². The molecule has 0 saturated carbocycles. The summed E-state index contributed by atoms with van der Waals surface area (Å²) in [7, 11) is 0. The minimum atomic E-state index is -6.24. The minimum Gasteiger partial charge on any atom is -0.382 e. The van der Waals surface area contributed by atoms with E-state index in [2.05, 4.69) is 28.9 Å². The number of anilines is 2. The van der Waals surface area contributed by atoms with Gasteiger partial charge < -0.3 is 16.0 Å².